The van der Waals surface area contributed by atoms with Crippen molar-refractivity contribution in [3.63, 3.8) is 0 Å². The first-order chi connectivity index (χ1) is 11.5. The van der Waals surface area contributed by atoms with Crippen LogP contribution in [0.3, 0.4) is 0 Å². The molecule has 1 heterocycles. The highest BCUT2D eigenvalue weighted by molar-refractivity contribution is 8.25. The first kappa shape index (κ1) is 17.9. The van der Waals surface area contributed by atoms with Gasteiger partial charge in [-0.15, -0.1) is 23.5 Å². The average Bonchev–Trinajstić information content (AvgIpc) is 3.09. The molecule has 24 heavy (non-hydrogen) atoms. The maximum atomic E-state index is 13.0. The fraction of sp³-hybridized carbons (Fsp3) is 0.500. The minimum Gasteiger partial charge on any atom is -0.289 e. The van der Waals surface area contributed by atoms with Gasteiger partial charge < -0.3 is 0 Å². The molecule has 0 spiro atoms. The summed E-state index contributed by atoms with van der Waals surface area (Å²) in [5, 5.41) is 0. The molecule has 1 aromatic rings. The van der Waals surface area contributed by atoms with Crippen LogP contribution in [-0.2, 0) is 6.18 Å². The Balaban J connectivity index is 1.90. The van der Waals surface area contributed by atoms with Crippen LogP contribution in [0, 0.1) is 5.92 Å². The zero-order chi connectivity index (χ0) is 17.2. The SMILES string of the molecule is O=C(C(=C1SCCS1)C1CCCCC1)c1ccc(C(F)(F)F)cc1. The standard InChI is InChI=1S/C18H19F3OS2/c19-18(20,21)14-8-6-13(7-9-14)16(22)15(17-23-10-11-24-17)12-4-2-1-3-5-12/h6-9,12H,1-5,10-11H2. The molecule has 0 bridgehead atoms. The molecular weight excluding hydrogens is 353 g/mol. The predicted octanol–water partition coefficient (Wildman–Crippen LogP) is 6.16. The van der Waals surface area contributed by atoms with E-state index in [9.17, 15) is 18.0 Å². The topological polar surface area (TPSA) is 17.1 Å². The number of hydrogen-bond acceptors (Lipinski definition) is 3. The van der Waals surface area contributed by atoms with Gasteiger partial charge in [0.05, 0.1) is 5.56 Å². The molecule has 1 nitrogen and oxygen atoms in total. The van der Waals surface area contributed by atoms with Crippen molar-refractivity contribution in [1.82, 2.24) is 0 Å². The van der Waals surface area contributed by atoms with E-state index in [0.29, 0.717) is 5.56 Å². The van der Waals surface area contributed by atoms with Crippen molar-refractivity contribution >= 4 is 29.3 Å². The monoisotopic (exact) mass is 372 g/mol. The summed E-state index contributed by atoms with van der Waals surface area (Å²) in [7, 11) is 0. The number of thioether (sulfide) groups is 2. The van der Waals surface area contributed by atoms with E-state index in [1.54, 1.807) is 23.5 Å². The van der Waals surface area contributed by atoms with Gasteiger partial charge in [-0.05, 0) is 30.9 Å². The number of Topliss-reactive ketones (excluding diaryl/α,β-unsaturated/α-hetero) is 1. The third-order valence-electron chi connectivity index (χ3n) is 4.50. The summed E-state index contributed by atoms with van der Waals surface area (Å²) < 4.78 is 39.2. The Morgan fingerprint density at radius 2 is 1.54 bits per heavy atom. The van der Waals surface area contributed by atoms with Crippen LogP contribution in [0.5, 0.6) is 0 Å². The zero-order valence-electron chi connectivity index (χ0n) is 13.2. The second kappa shape index (κ2) is 7.56. The summed E-state index contributed by atoms with van der Waals surface area (Å²) in [6.07, 6.45) is 1.09. The van der Waals surface area contributed by atoms with Crippen molar-refractivity contribution in [3.05, 3.63) is 45.2 Å². The molecule has 3 rings (SSSR count). The first-order valence-corrected chi connectivity index (χ1v) is 10.2. The predicted molar refractivity (Wildman–Crippen MR) is 94.3 cm³/mol. The third kappa shape index (κ3) is 4.02. The summed E-state index contributed by atoms with van der Waals surface area (Å²) in [6.45, 7) is 0. The van der Waals surface area contributed by atoms with E-state index in [4.69, 9.17) is 0 Å². The summed E-state index contributed by atoms with van der Waals surface area (Å²) >= 11 is 3.43. The molecule has 0 N–H and O–H groups in total. The molecule has 1 aliphatic carbocycles. The average molecular weight is 372 g/mol. The van der Waals surface area contributed by atoms with E-state index >= 15 is 0 Å². The maximum Gasteiger partial charge on any atom is 0.416 e. The molecule has 2 aliphatic rings. The van der Waals surface area contributed by atoms with Crippen molar-refractivity contribution in [2.75, 3.05) is 11.5 Å². The van der Waals surface area contributed by atoms with Crippen molar-refractivity contribution in [2.45, 2.75) is 38.3 Å². The van der Waals surface area contributed by atoms with E-state index in [1.165, 1.54) is 18.6 Å². The summed E-state index contributed by atoms with van der Waals surface area (Å²) in [5.74, 6) is 2.15. The maximum absolute atomic E-state index is 13.0. The van der Waals surface area contributed by atoms with E-state index < -0.39 is 11.7 Å². The largest absolute Gasteiger partial charge is 0.416 e. The number of carbonyl (C=O) groups excluding carboxylic acids is 1. The molecule has 2 fully saturated rings. The second-order valence-corrected chi connectivity index (χ2v) is 8.61. The normalized spacial score (nSPS) is 19.5. The fourth-order valence-corrected chi connectivity index (χ4v) is 5.97. The van der Waals surface area contributed by atoms with Gasteiger partial charge in [-0.3, -0.25) is 4.79 Å². The van der Waals surface area contributed by atoms with Gasteiger partial charge in [0, 0.05) is 26.9 Å². The van der Waals surface area contributed by atoms with Gasteiger partial charge in [-0.1, -0.05) is 31.4 Å². The summed E-state index contributed by atoms with van der Waals surface area (Å²) in [5.41, 5.74) is 0.502. The van der Waals surface area contributed by atoms with E-state index in [-0.39, 0.29) is 11.7 Å². The third-order valence-corrected chi connectivity index (χ3v) is 7.25. The van der Waals surface area contributed by atoms with Gasteiger partial charge in [0.1, 0.15) is 0 Å². The van der Waals surface area contributed by atoms with Crippen molar-refractivity contribution < 1.29 is 18.0 Å². The van der Waals surface area contributed by atoms with Crippen LogP contribution < -0.4 is 0 Å². The highest BCUT2D eigenvalue weighted by Crippen LogP contribution is 2.44. The van der Waals surface area contributed by atoms with Crippen LogP contribution >= 0.6 is 23.5 Å². The Bertz CT molecular complexity index is 621. The number of alkyl halides is 3. The van der Waals surface area contributed by atoms with Gasteiger partial charge in [0.25, 0.3) is 0 Å². The number of hydrogen-bond donors (Lipinski definition) is 0. The molecule has 0 radical (unpaired) electrons. The van der Waals surface area contributed by atoms with E-state index in [0.717, 1.165) is 59.1 Å². The fourth-order valence-electron chi connectivity index (χ4n) is 3.27. The van der Waals surface area contributed by atoms with E-state index in [2.05, 4.69) is 0 Å². The number of carbonyl (C=O) groups is 1. The van der Waals surface area contributed by atoms with Crippen LogP contribution in [0.25, 0.3) is 0 Å². The Kier molecular flexibility index (Phi) is 5.65. The summed E-state index contributed by atoms with van der Waals surface area (Å²) in [6, 6.07) is 4.65. The van der Waals surface area contributed by atoms with Crippen LogP contribution in [-0.4, -0.2) is 17.3 Å². The minimum atomic E-state index is -4.37. The molecule has 1 aliphatic heterocycles. The quantitative estimate of drug-likeness (QED) is 0.467. The molecule has 130 valence electrons. The Hall–Kier alpha value is -0.880. The zero-order valence-corrected chi connectivity index (χ0v) is 14.8. The molecule has 1 saturated carbocycles. The number of halogens is 3. The Labute approximate surface area is 148 Å². The van der Waals surface area contributed by atoms with Gasteiger partial charge >= 0.3 is 6.18 Å². The second-order valence-electron chi connectivity index (χ2n) is 6.14. The van der Waals surface area contributed by atoms with Crippen LogP contribution in [0.2, 0.25) is 0 Å². The molecule has 6 heteroatoms. The van der Waals surface area contributed by atoms with Crippen molar-refractivity contribution in [3.8, 4) is 0 Å². The first-order valence-electron chi connectivity index (χ1n) is 8.18. The van der Waals surface area contributed by atoms with E-state index in [1.807, 2.05) is 0 Å². The number of benzene rings is 1. The highest BCUT2D eigenvalue weighted by Gasteiger charge is 2.32. The van der Waals surface area contributed by atoms with Crippen LogP contribution in [0.4, 0.5) is 13.2 Å². The smallest absolute Gasteiger partial charge is 0.289 e. The number of ketones is 1. The number of rotatable bonds is 3. The minimum absolute atomic E-state index is 0.0903. The Morgan fingerprint density at radius 3 is 2.08 bits per heavy atom. The molecule has 1 aromatic carbocycles. The molecule has 0 unspecified atom stereocenters. The van der Waals surface area contributed by atoms with Gasteiger partial charge in [0.2, 0.25) is 0 Å². The van der Waals surface area contributed by atoms with Crippen LogP contribution in [0.15, 0.2) is 34.1 Å². The van der Waals surface area contributed by atoms with Crippen molar-refractivity contribution in [2.24, 2.45) is 5.92 Å². The van der Waals surface area contributed by atoms with Gasteiger partial charge in [-0.25, -0.2) is 0 Å². The summed E-state index contributed by atoms with van der Waals surface area (Å²) in [4.78, 5) is 13.0. The lowest BCUT2D eigenvalue weighted by molar-refractivity contribution is -0.137. The van der Waals surface area contributed by atoms with Gasteiger partial charge in [0.15, 0.2) is 5.78 Å². The number of allylic oxidation sites excluding steroid dienone is 1. The molecule has 1 saturated heterocycles. The lowest BCUT2D eigenvalue weighted by atomic mass is 9.81. The molecule has 0 amide bonds. The highest BCUT2D eigenvalue weighted by atomic mass is 32.2. The lowest BCUT2D eigenvalue weighted by Crippen LogP contribution is -2.18. The molecular formula is C18H19F3OS2. The molecule has 0 atom stereocenters. The van der Waals surface area contributed by atoms with Crippen molar-refractivity contribution in [1.29, 1.82) is 0 Å². The van der Waals surface area contributed by atoms with Crippen LogP contribution in [0.1, 0.15) is 48.0 Å². The van der Waals surface area contributed by atoms with Gasteiger partial charge in [-0.2, -0.15) is 13.2 Å². The Morgan fingerprint density at radius 1 is 0.958 bits per heavy atom. The lowest BCUT2D eigenvalue weighted by Gasteiger charge is -2.25. The molecule has 0 aromatic heterocycles.